The fourth-order valence-corrected chi connectivity index (χ4v) is 1.44. The lowest BCUT2D eigenvalue weighted by molar-refractivity contribution is -0.133. The lowest BCUT2D eigenvalue weighted by Crippen LogP contribution is -2.47. The molecule has 1 aliphatic rings. The first-order valence-electron chi connectivity index (χ1n) is 6.08. The van der Waals surface area contributed by atoms with Gasteiger partial charge in [0.05, 0.1) is 0 Å². The summed E-state index contributed by atoms with van der Waals surface area (Å²) in [6.45, 7) is 1.54. The molecule has 102 valence electrons. The van der Waals surface area contributed by atoms with E-state index in [4.69, 9.17) is 4.74 Å². The van der Waals surface area contributed by atoms with E-state index in [1.807, 2.05) is 0 Å². The summed E-state index contributed by atoms with van der Waals surface area (Å²) in [4.78, 5) is 23.0. The van der Waals surface area contributed by atoms with E-state index in [9.17, 15) is 14.0 Å². The fourth-order valence-electron chi connectivity index (χ4n) is 1.44. The van der Waals surface area contributed by atoms with E-state index < -0.39 is 12.0 Å². The first-order chi connectivity index (χ1) is 9.06. The molecule has 19 heavy (non-hydrogen) atoms. The van der Waals surface area contributed by atoms with Gasteiger partial charge in [0.2, 0.25) is 5.91 Å². The largest absolute Gasteiger partial charge is 0.481 e. The average Bonchev–Trinajstić information content (AvgIpc) is 3.22. The van der Waals surface area contributed by atoms with E-state index in [0.717, 1.165) is 12.8 Å². The highest BCUT2D eigenvalue weighted by molar-refractivity contribution is 5.86. The minimum atomic E-state index is -0.787. The third kappa shape index (κ3) is 3.94. The molecule has 0 heterocycles. The summed E-state index contributed by atoms with van der Waals surface area (Å²) >= 11 is 0. The van der Waals surface area contributed by atoms with Gasteiger partial charge in [0.1, 0.15) is 11.6 Å². The Morgan fingerprint density at radius 1 is 1.26 bits per heavy atom. The van der Waals surface area contributed by atoms with Crippen molar-refractivity contribution in [1.82, 2.24) is 10.9 Å². The van der Waals surface area contributed by atoms with Crippen LogP contribution in [-0.4, -0.2) is 17.9 Å². The molecule has 5 nitrogen and oxygen atoms in total. The number of hydrogen-bond acceptors (Lipinski definition) is 3. The maximum atomic E-state index is 12.7. The molecular formula is C13H15FN2O3. The second-order valence-corrected chi connectivity index (χ2v) is 4.47. The molecule has 0 unspecified atom stereocenters. The Bertz CT molecular complexity index is 471. The predicted molar refractivity (Wildman–Crippen MR) is 65.5 cm³/mol. The average molecular weight is 266 g/mol. The third-order valence-corrected chi connectivity index (χ3v) is 2.75. The molecule has 0 bridgehead atoms. The van der Waals surface area contributed by atoms with Gasteiger partial charge in [-0.25, -0.2) is 4.39 Å². The van der Waals surface area contributed by atoms with Gasteiger partial charge >= 0.3 is 0 Å². The van der Waals surface area contributed by atoms with Crippen LogP contribution in [0, 0.1) is 11.7 Å². The van der Waals surface area contributed by atoms with Crippen LogP contribution < -0.4 is 15.6 Å². The zero-order valence-corrected chi connectivity index (χ0v) is 10.5. The van der Waals surface area contributed by atoms with Gasteiger partial charge in [-0.15, -0.1) is 0 Å². The number of nitrogens with one attached hydrogen (secondary N) is 2. The van der Waals surface area contributed by atoms with Gasteiger partial charge in [0, 0.05) is 5.92 Å². The third-order valence-electron chi connectivity index (χ3n) is 2.75. The molecule has 6 heteroatoms. The predicted octanol–water partition coefficient (Wildman–Crippen LogP) is 1.15. The summed E-state index contributed by atoms with van der Waals surface area (Å²) in [5.41, 5.74) is 4.64. The molecule has 2 N–H and O–H groups in total. The van der Waals surface area contributed by atoms with Crippen LogP contribution >= 0.6 is 0 Å². The first kappa shape index (κ1) is 13.3. The van der Waals surface area contributed by atoms with Crippen molar-refractivity contribution < 1.29 is 18.7 Å². The summed E-state index contributed by atoms with van der Waals surface area (Å²) in [7, 11) is 0. The number of ether oxygens (including phenoxy) is 1. The van der Waals surface area contributed by atoms with Crippen LogP contribution in [0.25, 0.3) is 0 Å². The minimum Gasteiger partial charge on any atom is -0.481 e. The smallest absolute Gasteiger partial charge is 0.279 e. The molecule has 0 aliphatic heterocycles. The summed E-state index contributed by atoms with van der Waals surface area (Å²) in [5, 5.41) is 0. The van der Waals surface area contributed by atoms with Crippen molar-refractivity contribution in [2.75, 3.05) is 0 Å². The van der Waals surface area contributed by atoms with Crippen LogP contribution in [0.15, 0.2) is 24.3 Å². The molecule has 0 saturated heterocycles. The number of halogens is 1. The zero-order chi connectivity index (χ0) is 13.8. The molecule has 0 radical (unpaired) electrons. The van der Waals surface area contributed by atoms with Crippen molar-refractivity contribution >= 4 is 11.8 Å². The summed E-state index contributed by atoms with van der Waals surface area (Å²) in [5.74, 6) is -0.604. The highest BCUT2D eigenvalue weighted by atomic mass is 19.1. The molecule has 1 aromatic carbocycles. The van der Waals surface area contributed by atoms with E-state index in [1.165, 1.54) is 24.3 Å². The first-order valence-corrected chi connectivity index (χ1v) is 6.08. The van der Waals surface area contributed by atoms with Gasteiger partial charge in [-0.2, -0.15) is 0 Å². The maximum absolute atomic E-state index is 12.7. The Labute approximate surface area is 110 Å². The SMILES string of the molecule is C[C@H](Oc1ccc(F)cc1)C(=O)NNC(=O)C1CC1. The lowest BCUT2D eigenvalue weighted by Gasteiger charge is -2.15. The van der Waals surface area contributed by atoms with Gasteiger partial charge in [-0.05, 0) is 44.0 Å². The van der Waals surface area contributed by atoms with Crippen LogP contribution in [-0.2, 0) is 9.59 Å². The fraction of sp³-hybridized carbons (Fsp3) is 0.385. The molecule has 1 aliphatic carbocycles. The Morgan fingerprint density at radius 3 is 2.47 bits per heavy atom. The topological polar surface area (TPSA) is 67.4 Å². The number of hydrogen-bond donors (Lipinski definition) is 2. The van der Waals surface area contributed by atoms with Gasteiger partial charge in [-0.3, -0.25) is 20.4 Å². The monoisotopic (exact) mass is 266 g/mol. The number of benzene rings is 1. The summed E-state index contributed by atoms with van der Waals surface area (Å²) in [6.07, 6.45) is 0.942. The highest BCUT2D eigenvalue weighted by Crippen LogP contribution is 2.28. The molecule has 0 aromatic heterocycles. The van der Waals surface area contributed by atoms with Crippen molar-refractivity contribution in [2.45, 2.75) is 25.9 Å². The molecule has 1 aromatic rings. The van der Waals surface area contributed by atoms with E-state index >= 15 is 0 Å². The molecule has 2 amide bonds. The van der Waals surface area contributed by atoms with E-state index in [1.54, 1.807) is 6.92 Å². The molecule has 1 fully saturated rings. The Morgan fingerprint density at radius 2 is 1.89 bits per heavy atom. The zero-order valence-electron chi connectivity index (χ0n) is 10.5. The number of carbonyl (C=O) groups is 2. The van der Waals surface area contributed by atoms with Crippen molar-refractivity contribution in [1.29, 1.82) is 0 Å². The van der Waals surface area contributed by atoms with Gasteiger partial charge in [-0.1, -0.05) is 0 Å². The Balaban J connectivity index is 1.78. The summed E-state index contributed by atoms with van der Waals surface area (Å²) in [6, 6.07) is 5.35. The van der Waals surface area contributed by atoms with Crippen molar-refractivity contribution in [3.05, 3.63) is 30.1 Å². The minimum absolute atomic E-state index is 0.0219. The van der Waals surface area contributed by atoms with Crippen LogP contribution in [0.1, 0.15) is 19.8 Å². The van der Waals surface area contributed by atoms with E-state index in [-0.39, 0.29) is 17.6 Å². The second kappa shape index (κ2) is 5.69. The molecule has 1 atom stereocenters. The van der Waals surface area contributed by atoms with Crippen molar-refractivity contribution in [3.8, 4) is 5.75 Å². The van der Waals surface area contributed by atoms with Crippen LogP contribution in [0.5, 0.6) is 5.75 Å². The lowest BCUT2D eigenvalue weighted by atomic mass is 10.3. The molecule has 0 spiro atoms. The number of rotatable bonds is 4. The molecular weight excluding hydrogens is 251 g/mol. The van der Waals surface area contributed by atoms with Gasteiger partial charge < -0.3 is 4.74 Å². The Kier molecular flexibility index (Phi) is 3.99. The maximum Gasteiger partial charge on any atom is 0.279 e. The second-order valence-electron chi connectivity index (χ2n) is 4.47. The number of carbonyl (C=O) groups excluding carboxylic acids is 2. The molecule has 1 saturated carbocycles. The number of amides is 2. The van der Waals surface area contributed by atoms with Crippen molar-refractivity contribution in [2.24, 2.45) is 5.92 Å². The van der Waals surface area contributed by atoms with Gasteiger partial charge in [0.15, 0.2) is 6.10 Å². The highest BCUT2D eigenvalue weighted by Gasteiger charge is 2.30. The Hall–Kier alpha value is -2.11. The summed E-state index contributed by atoms with van der Waals surface area (Å²) < 4.78 is 18.0. The van der Waals surface area contributed by atoms with Crippen molar-refractivity contribution in [3.63, 3.8) is 0 Å². The quantitative estimate of drug-likeness (QED) is 0.803. The normalized spacial score (nSPS) is 15.5. The van der Waals surface area contributed by atoms with Crippen LogP contribution in [0.4, 0.5) is 4.39 Å². The standard InChI is InChI=1S/C13H15FN2O3/c1-8(19-11-6-4-10(14)5-7-11)12(17)15-16-13(18)9-2-3-9/h4-9H,2-3H2,1H3,(H,15,17)(H,16,18)/t8-/m0/s1. The van der Waals surface area contributed by atoms with Crippen LogP contribution in [0.3, 0.4) is 0 Å². The van der Waals surface area contributed by atoms with Crippen LogP contribution in [0.2, 0.25) is 0 Å². The number of hydrazine groups is 1. The van der Waals surface area contributed by atoms with Gasteiger partial charge in [0.25, 0.3) is 5.91 Å². The molecule has 2 rings (SSSR count). The van der Waals surface area contributed by atoms with E-state index in [2.05, 4.69) is 10.9 Å². The van der Waals surface area contributed by atoms with E-state index in [0.29, 0.717) is 5.75 Å².